The lowest BCUT2D eigenvalue weighted by atomic mass is 10.1. The first-order valence-corrected chi connectivity index (χ1v) is 6.38. The smallest absolute Gasteiger partial charge is 0.254 e. The summed E-state index contributed by atoms with van der Waals surface area (Å²) in [5.74, 6) is 0.739. The number of aromatic nitrogens is 2. The maximum Gasteiger partial charge on any atom is 0.254 e. The van der Waals surface area contributed by atoms with E-state index < -0.39 is 0 Å². The van der Waals surface area contributed by atoms with E-state index in [1.54, 1.807) is 4.57 Å². The fourth-order valence-corrected chi connectivity index (χ4v) is 2.11. The Morgan fingerprint density at radius 3 is 2.67 bits per heavy atom. The molecule has 0 unspecified atom stereocenters. The van der Waals surface area contributed by atoms with Crippen molar-refractivity contribution in [3.63, 3.8) is 0 Å². The fourth-order valence-electron chi connectivity index (χ4n) is 1.92. The van der Waals surface area contributed by atoms with Crippen molar-refractivity contribution in [2.75, 3.05) is 0 Å². The molecule has 3 nitrogen and oxygen atoms in total. The van der Waals surface area contributed by atoms with Gasteiger partial charge in [-0.1, -0.05) is 48.9 Å². The van der Waals surface area contributed by atoms with Gasteiger partial charge in [-0.15, -0.1) is 0 Å². The van der Waals surface area contributed by atoms with E-state index in [2.05, 4.69) is 17.1 Å². The highest BCUT2D eigenvalue weighted by Gasteiger charge is 2.06. The van der Waals surface area contributed by atoms with Gasteiger partial charge in [-0.3, -0.25) is 9.36 Å². The van der Waals surface area contributed by atoms with Crippen LogP contribution in [0.4, 0.5) is 0 Å². The third kappa shape index (κ3) is 2.99. The van der Waals surface area contributed by atoms with Crippen LogP contribution in [0.2, 0.25) is 5.15 Å². The minimum absolute atomic E-state index is 0.0808. The maximum atomic E-state index is 11.9. The van der Waals surface area contributed by atoms with Crippen LogP contribution in [-0.4, -0.2) is 9.55 Å². The summed E-state index contributed by atoms with van der Waals surface area (Å²) in [4.78, 5) is 16.1. The Bertz CT molecular complexity index is 578. The van der Waals surface area contributed by atoms with Gasteiger partial charge in [-0.25, -0.2) is 4.98 Å². The summed E-state index contributed by atoms with van der Waals surface area (Å²) < 4.78 is 1.69. The van der Waals surface area contributed by atoms with Crippen molar-refractivity contribution in [3.8, 4) is 0 Å². The zero-order chi connectivity index (χ0) is 13.0. The quantitative estimate of drug-likeness (QED) is 0.794. The molecule has 0 atom stereocenters. The molecule has 0 spiro atoms. The van der Waals surface area contributed by atoms with Crippen LogP contribution >= 0.6 is 11.6 Å². The van der Waals surface area contributed by atoms with E-state index in [-0.39, 0.29) is 10.7 Å². The molecular formula is C14H15ClN2O. The van der Waals surface area contributed by atoms with E-state index in [0.717, 1.165) is 12.2 Å². The first-order chi connectivity index (χ1) is 8.70. The van der Waals surface area contributed by atoms with E-state index in [1.165, 1.54) is 11.6 Å². The molecule has 2 rings (SSSR count). The average Bonchev–Trinajstić information content (AvgIpc) is 2.38. The van der Waals surface area contributed by atoms with E-state index in [4.69, 9.17) is 11.6 Å². The Balaban J connectivity index is 2.22. The number of nitrogens with zero attached hydrogens (tertiary/aromatic N) is 2. The van der Waals surface area contributed by atoms with E-state index in [0.29, 0.717) is 13.0 Å². The van der Waals surface area contributed by atoms with Gasteiger partial charge in [0.05, 0.1) is 0 Å². The molecule has 0 saturated carbocycles. The van der Waals surface area contributed by atoms with Gasteiger partial charge in [0.1, 0.15) is 11.0 Å². The van der Waals surface area contributed by atoms with Crippen molar-refractivity contribution in [1.29, 1.82) is 0 Å². The van der Waals surface area contributed by atoms with Crippen LogP contribution in [-0.2, 0) is 19.4 Å². The van der Waals surface area contributed by atoms with Crippen molar-refractivity contribution < 1.29 is 0 Å². The molecule has 0 aliphatic carbocycles. The maximum absolute atomic E-state index is 11.9. The summed E-state index contributed by atoms with van der Waals surface area (Å²) in [6, 6.07) is 11.5. The molecule has 0 radical (unpaired) electrons. The zero-order valence-electron chi connectivity index (χ0n) is 10.3. The highest BCUT2D eigenvalue weighted by Crippen LogP contribution is 2.05. The normalized spacial score (nSPS) is 10.6. The predicted molar refractivity (Wildman–Crippen MR) is 73.0 cm³/mol. The topological polar surface area (TPSA) is 34.9 Å². The summed E-state index contributed by atoms with van der Waals surface area (Å²) in [6.07, 6.45) is 1.52. The lowest BCUT2D eigenvalue weighted by Gasteiger charge is -2.10. The highest BCUT2D eigenvalue weighted by atomic mass is 35.5. The van der Waals surface area contributed by atoms with Gasteiger partial charge in [0.25, 0.3) is 5.56 Å². The molecule has 94 valence electrons. The molecule has 1 aromatic carbocycles. The number of hydrogen-bond donors (Lipinski definition) is 0. The number of halogens is 1. The minimum Gasteiger partial charge on any atom is -0.296 e. The molecule has 0 aliphatic rings. The fraction of sp³-hybridized carbons (Fsp3) is 0.286. The van der Waals surface area contributed by atoms with Crippen LogP contribution in [0.25, 0.3) is 0 Å². The van der Waals surface area contributed by atoms with Crippen LogP contribution in [0.5, 0.6) is 0 Å². The Morgan fingerprint density at radius 2 is 2.00 bits per heavy atom. The summed E-state index contributed by atoms with van der Waals surface area (Å²) in [5.41, 5.74) is 1.13. The molecule has 1 heterocycles. The lowest BCUT2D eigenvalue weighted by molar-refractivity contribution is 0.613. The van der Waals surface area contributed by atoms with Gasteiger partial charge in [0.2, 0.25) is 0 Å². The molecule has 0 fully saturated rings. The Morgan fingerprint density at radius 1 is 1.28 bits per heavy atom. The van der Waals surface area contributed by atoms with Crippen LogP contribution in [0.3, 0.4) is 0 Å². The Kier molecular flexibility index (Phi) is 4.15. The second-order valence-electron chi connectivity index (χ2n) is 4.07. The number of benzene rings is 1. The Labute approximate surface area is 111 Å². The van der Waals surface area contributed by atoms with Crippen molar-refractivity contribution in [2.45, 2.75) is 26.3 Å². The second-order valence-corrected chi connectivity index (χ2v) is 4.46. The third-order valence-electron chi connectivity index (χ3n) is 2.84. The molecule has 2 aromatic rings. The summed E-state index contributed by atoms with van der Waals surface area (Å²) in [5, 5.41) is 0.271. The van der Waals surface area contributed by atoms with Gasteiger partial charge in [-0.05, 0) is 12.0 Å². The second kappa shape index (κ2) is 5.83. The molecule has 0 N–H and O–H groups in total. The van der Waals surface area contributed by atoms with E-state index in [1.807, 2.05) is 25.1 Å². The molecule has 0 aliphatic heterocycles. The largest absolute Gasteiger partial charge is 0.296 e. The summed E-state index contributed by atoms with van der Waals surface area (Å²) in [7, 11) is 0. The minimum atomic E-state index is -0.0808. The van der Waals surface area contributed by atoms with E-state index >= 15 is 0 Å². The molecule has 18 heavy (non-hydrogen) atoms. The van der Waals surface area contributed by atoms with Gasteiger partial charge in [-0.2, -0.15) is 0 Å². The van der Waals surface area contributed by atoms with Crippen molar-refractivity contribution in [3.05, 3.63) is 63.3 Å². The summed E-state index contributed by atoms with van der Waals surface area (Å²) >= 11 is 5.79. The predicted octanol–water partition coefficient (Wildman–Crippen LogP) is 2.70. The number of rotatable bonds is 4. The van der Waals surface area contributed by atoms with Crippen molar-refractivity contribution in [1.82, 2.24) is 9.55 Å². The van der Waals surface area contributed by atoms with Gasteiger partial charge in [0.15, 0.2) is 0 Å². The number of hydrogen-bond acceptors (Lipinski definition) is 2. The average molecular weight is 263 g/mol. The zero-order valence-corrected chi connectivity index (χ0v) is 11.0. The van der Waals surface area contributed by atoms with E-state index in [9.17, 15) is 4.79 Å². The SMILES string of the molecule is CCc1nc(Cl)cc(=O)n1CCc1ccccc1. The van der Waals surface area contributed by atoms with Gasteiger partial charge < -0.3 is 0 Å². The van der Waals surface area contributed by atoms with Gasteiger partial charge >= 0.3 is 0 Å². The number of aryl methyl sites for hydroxylation is 2. The van der Waals surface area contributed by atoms with Gasteiger partial charge in [0, 0.05) is 19.0 Å². The van der Waals surface area contributed by atoms with Crippen molar-refractivity contribution >= 4 is 11.6 Å². The highest BCUT2D eigenvalue weighted by molar-refractivity contribution is 6.29. The molecule has 0 bridgehead atoms. The van der Waals surface area contributed by atoms with Crippen molar-refractivity contribution in [2.24, 2.45) is 0 Å². The molecular weight excluding hydrogens is 248 g/mol. The molecule has 1 aromatic heterocycles. The third-order valence-corrected chi connectivity index (χ3v) is 3.03. The van der Waals surface area contributed by atoms with Crippen LogP contribution in [0.15, 0.2) is 41.2 Å². The first-order valence-electron chi connectivity index (χ1n) is 6.01. The van der Waals surface area contributed by atoms with Crippen LogP contribution in [0.1, 0.15) is 18.3 Å². The lowest BCUT2D eigenvalue weighted by Crippen LogP contribution is -2.25. The molecule has 0 amide bonds. The Hall–Kier alpha value is -1.61. The molecule has 0 saturated heterocycles. The van der Waals surface area contributed by atoms with Crippen LogP contribution in [0, 0.1) is 0 Å². The first kappa shape index (κ1) is 12.8. The monoisotopic (exact) mass is 262 g/mol. The standard InChI is InChI=1S/C14H15ClN2O/c1-2-13-16-12(15)10-14(18)17(13)9-8-11-6-4-3-5-7-11/h3-7,10H,2,8-9H2,1H3. The molecule has 4 heteroatoms. The van der Waals surface area contributed by atoms with Crippen LogP contribution < -0.4 is 5.56 Å². The summed E-state index contributed by atoms with van der Waals surface area (Å²) in [6.45, 7) is 2.60.